The molecule has 0 radical (unpaired) electrons. The lowest BCUT2D eigenvalue weighted by atomic mass is 10.2. The lowest BCUT2D eigenvalue weighted by molar-refractivity contribution is 0.958. The summed E-state index contributed by atoms with van der Waals surface area (Å²) in [5, 5.41) is 14.3. The van der Waals surface area contributed by atoms with Crippen LogP contribution in [-0.4, -0.2) is 16.7 Å². The number of nitrogens with zero attached hydrogens (tertiary/aromatic N) is 2. The van der Waals surface area contributed by atoms with Gasteiger partial charge in [0.1, 0.15) is 5.01 Å². The zero-order valence-corrected chi connectivity index (χ0v) is 13.1. The highest BCUT2D eigenvalue weighted by Crippen LogP contribution is 2.23. The van der Waals surface area contributed by atoms with Crippen molar-refractivity contribution in [2.24, 2.45) is 0 Å². The molecule has 19 heavy (non-hydrogen) atoms. The van der Waals surface area contributed by atoms with E-state index in [9.17, 15) is 0 Å². The third kappa shape index (κ3) is 5.01. The number of benzene rings is 1. The minimum absolute atomic E-state index is 0.782. The Bertz CT molecular complexity index is 499. The maximum atomic E-state index is 5.86. The minimum Gasteiger partial charge on any atom is -0.360 e. The van der Waals surface area contributed by atoms with Gasteiger partial charge in [0.2, 0.25) is 5.13 Å². The lowest BCUT2D eigenvalue weighted by Gasteiger charge is -2.00. The van der Waals surface area contributed by atoms with Gasteiger partial charge in [0.25, 0.3) is 0 Å². The van der Waals surface area contributed by atoms with E-state index in [1.54, 1.807) is 11.3 Å². The summed E-state index contributed by atoms with van der Waals surface area (Å²) in [6.45, 7) is 3.09. The van der Waals surface area contributed by atoms with E-state index in [0.717, 1.165) is 39.6 Å². The fourth-order valence-electron chi connectivity index (χ4n) is 1.45. The Morgan fingerprint density at radius 2 is 2.00 bits per heavy atom. The van der Waals surface area contributed by atoms with Gasteiger partial charge >= 0.3 is 0 Å². The van der Waals surface area contributed by atoms with Gasteiger partial charge in [-0.05, 0) is 24.1 Å². The number of rotatable bonds is 7. The van der Waals surface area contributed by atoms with Crippen molar-refractivity contribution in [2.45, 2.75) is 24.9 Å². The third-order valence-electron chi connectivity index (χ3n) is 2.40. The summed E-state index contributed by atoms with van der Waals surface area (Å²) in [5.41, 5.74) is 1.28. The van der Waals surface area contributed by atoms with Crippen LogP contribution in [0.4, 0.5) is 5.13 Å². The molecule has 3 nitrogen and oxygen atoms in total. The highest BCUT2D eigenvalue weighted by Gasteiger charge is 2.03. The number of nitrogens with one attached hydrogen (secondary N) is 1. The number of hydrogen-bond donors (Lipinski definition) is 1. The molecule has 1 aromatic carbocycles. The van der Waals surface area contributed by atoms with Crippen LogP contribution in [0.15, 0.2) is 24.3 Å². The molecule has 0 bridgehead atoms. The second-order valence-corrected chi connectivity index (χ2v) is 6.53. The molecule has 0 unspecified atom stereocenters. The van der Waals surface area contributed by atoms with Crippen LogP contribution in [0.3, 0.4) is 0 Å². The number of halogens is 1. The molecular formula is C13H16ClN3S2. The highest BCUT2D eigenvalue weighted by atomic mass is 35.5. The Hall–Kier alpha value is -0.780. The number of thioether (sulfide) groups is 1. The first-order valence-electron chi connectivity index (χ1n) is 6.16. The molecule has 0 saturated heterocycles. The average Bonchev–Trinajstić information content (AvgIpc) is 2.87. The van der Waals surface area contributed by atoms with E-state index in [1.165, 1.54) is 5.56 Å². The van der Waals surface area contributed by atoms with E-state index in [4.69, 9.17) is 11.6 Å². The summed E-state index contributed by atoms with van der Waals surface area (Å²) >= 11 is 9.33. The highest BCUT2D eigenvalue weighted by molar-refractivity contribution is 7.97. The van der Waals surface area contributed by atoms with Gasteiger partial charge in [-0.2, -0.15) is 0 Å². The fourth-order valence-corrected chi connectivity index (χ4v) is 3.39. The molecular weight excluding hydrogens is 298 g/mol. The van der Waals surface area contributed by atoms with Crippen molar-refractivity contribution < 1.29 is 0 Å². The Kier molecular flexibility index (Phi) is 5.94. The molecule has 0 aliphatic carbocycles. The van der Waals surface area contributed by atoms with E-state index in [-0.39, 0.29) is 0 Å². The maximum Gasteiger partial charge on any atom is 0.205 e. The Labute approximate surface area is 126 Å². The number of anilines is 1. The predicted molar refractivity (Wildman–Crippen MR) is 85.1 cm³/mol. The molecule has 0 spiro atoms. The summed E-state index contributed by atoms with van der Waals surface area (Å²) in [5.74, 6) is 1.86. The molecule has 2 rings (SSSR count). The van der Waals surface area contributed by atoms with Crippen LogP contribution in [0, 0.1) is 0 Å². The van der Waals surface area contributed by atoms with E-state index in [2.05, 4.69) is 34.6 Å². The van der Waals surface area contributed by atoms with Crippen LogP contribution in [0.5, 0.6) is 0 Å². The van der Waals surface area contributed by atoms with Gasteiger partial charge in [-0.15, -0.1) is 22.0 Å². The van der Waals surface area contributed by atoms with Crippen molar-refractivity contribution in [3.8, 4) is 0 Å². The van der Waals surface area contributed by atoms with E-state index >= 15 is 0 Å². The van der Waals surface area contributed by atoms with Gasteiger partial charge in [0.15, 0.2) is 0 Å². The summed E-state index contributed by atoms with van der Waals surface area (Å²) in [6.07, 6.45) is 1.10. The second kappa shape index (κ2) is 7.72. The molecule has 0 amide bonds. The van der Waals surface area contributed by atoms with Gasteiger partial charge < -0.3 is 5.32 Å². The summed E-state index contributed by atoms with van der Waals surface area (Å²) in [7, 11) is 0. The number of aromatic nitrogens is 2. The molecule has 0 aliphatic heterocycles. The standard InChI is InChI=1S/C13H16ClN3S2/c1-2-7-15-13-17-16-12(19-13)9-18-8-10-3-5-11(14)6-4-10/h3-6H,2,7-9H2,1H3,(H,15,17). The van der Waals surface area contributed by atoms with Crippen molar-refractivity contribution >= 4 is 39.8 Å². The van der Waals surface area contributed by atoms with Gasteiger partial charge in [-0.3, -0.25) is 0 Å². The summed E-state index contributed by atoms with van der Waals surface area (Å²) in [4.78, 5) is 0. The summed E-state index contributed by atoms with van der Waals surface area (Å²) < 4.78 is 0. The molecule has 0 aliphatic rings. The minimum atomic E-state index is 0.782. The monoisotopic (exact) mass is 313 g/mol. The third-order valence-corrected chi connectivity index (χ3v) is 4.73. The zero-order chi connectivity index (χ0) is 13.5. The molecule has 1 N–H and O–H groups in total. The van der Waals surface area contributed by atoms with Crippen LogP contribution in [0.2, 0.25) is 5.02 Å². The SMILES string of the molecule is CCCNc1nnc(CSCc2ccc(Cl)cc2)s1. The van der Waals surface area contributed by atoms with Gasteiger partial charge in [-0.1, -0.05) is 42.0 Å². The predicted octanol–water partition coefficient (Wildman–Crippen LogP) is 4.45. The Morgan fingerprint density at radius 1 is 1.21 bits per heavy atom. The molecule has 0 saturated carbocycles. The topological polar surface area (TPSA) is 37.8 Å². The van der Waals surface area contributed by atoms with Crippen LogP contribution in [-0.2, 0) is 11.5 Å². The first-order chi connectivity index (χ1) is 9.28. The molecule has 102 valence electrons. The first-order valence-corrected chi connectivity index (χ1v) is 8.51. The van der Waals surface area contributed by atoms with Crippen molar-refractivity contribution in [3.05, 3.63) is 39.9 Å². The summed E-state index contributed by atoms with van der Waals surface area (Å²) in [6, 6.07) is 7.97. The van der Waals surface area contributed by atoms with Crippen molar-refractivity contribution in [1.82, 2.24) is 10.2 Å². The molecule has 0 fully saturated rings. The Morgan fingerprint density at radius 3 is 2.74 bits per heavy atom. The molecule has 2 aromatic rings. The quantitative estimate of drug-likeness (QED) is 0.819. The van der Waals surface area contributed by atoms with Crippen LogP contribution >= 0.6 is 34.7 Å². The smallest absolute Gasteiger partial charge is 0.205 e. The van der Waals surface area contributed by atoms with Gasteiger partial charge in [0, 0.05) is 23.1 Å². The van der Waals surface area contributed by atoms with Crippen LogP contribution in [0.1, 0.15) is 23.9 Å². The van der Waals surface area contributed by atoms with Crippen LogP contribution in [0.25, 0.3) is 0 Å². The van der Waals surface area contributed by atoms with Crippen molar-refractivity contribution in [1.29, 1.82) is 0 Å². The average molecular weight is 314 g/mol. The second-order valence-electron chi connectivity index (χ2n) is 4.05. The van der Waals surface area contributed by atoms with E-state index in [0.29, 0.717) is 0 Å². The first kappa shape index (κ1) is 14.6. The molecule has 1 aromatic heterocycles. The zero-order valence-electron chi connectivity index (χ0n) is 10.7. The molecule has 0 atom stereocenters. The largest absolute Gasteiger partial charge is 0.360 e. The van der Waals surface area contributed by atoms with E-state index < -0.39 is 0 Å². The molecule has 6 heteroatoms. The van der Waals surface area contributed by atoms with Gasteiger partial charge in [0.05, 0.1) is 0 Å². The van der Waals surface area contributed by atoms with Crippen LogP contribution < -0.4 is 5.32 Å². The van der Waals surface area contributed by atoms with E-state index in [1.807, 2.05) is 23.9 Å². The molecule has 1 heterocycles. The maximum absolute atomic E-state index is 5.86. The van der Waals surface area contributed by atoms with Crippen molar-refractivity contribution in [3.63, 3.8) is 0 Å². The van der Waals surface area contributed by atoms with Crippen molar-refractivity contribution in [2.75, 3.05) is 11.9 Å². The Balaban J connectivity index is 1.76. The lowest BCUT2D eigenvalue weighted by Crippen LogP contribution is -1.98. The number of hydrogen-bond acceptors (Lipinski definition) is 5. The fraction of sp³-hybridized carbons (Fsp3) is 0.385. The normalized spacial score (nSPS) is 10.6. The van der Waals surface area contributed by atoms with Gasteiger partial charge in [-0.25, -0.2) is 0 Å².